The third kappa shape index (κ3) is 8.04. The minimum atomic E-state index is -3.52. The molecule has 57 heavy (non-hydrogen) atoms. The van der Waals surface area contributed by atoms with Crippen LogP contribution in [0.5, 0.6) is 0 Å². The van der Waals surface area contributed by atoms with Gasteiger partial charge in [0, 0.05) is 38.3 Å². The molecule has 2 aliphatic rings. The predicted octanol–water partition coefficient (Wildman–Crippen LogP) is 7.66. The Kier molecular flexibility index (Phi) is 11.9. The van der Waals surface area contributed by atoms with Crippen molar-refractivity contribution in [3.63, 3.8) is 0 Å². The molecule has 2 fully saturated rings. The van der Waals surface area contributed by atoms with Crippen molar-refractivity contribution in [2.45, 2.75) is 31.2 Å². The van der Waals surface area contributed by atoms with Crippen LogP contribution in [0, 0.1) is 0 Å². The Bertz CT molecular complexity index is 2200. The van der Waals surface area contributed by atoms with Crippen LogP contribution in [0.2, 0.25) is 0 Å². The van der Waals surface area contributed by atoms with E-state index in [9.17, 15) is 9.36 Å². The highest BCUT2D eigenvalue weighted by atomic mass is 35.7. The molecule has 0 spiro atoms. The molecule has 0 radical (unpaired) electrons. The van der Waals surface area contributed by atoms with Crippen LogP contribution in [0.25, 0.3) is 11.2 Å². The van der Waals surface area contributed by atoms with Gasteiger partial charge in [0.1, 0.15) is 12.5 Å². The summed E-state index contributed by atoms with van der Waals surface area (Å²) in [6.07, 6.45) is 2.91. The minimum Gasteiger partial charge on any atom is -0.373 e. The number of halogens is 1. The van der Waals surface area contributed by atoms with Crippen molar-refractivity contribution >= 4 is 41.0 Å². The molecule has 2 saturated heterocycles. The van der Waals surface area contributed by atoms with E-state index < -0.39 is 18.6 Å². The molecular formula is C43H46ClN8O4P. The molecule has 4 aromatic carbocycles. The van der Waals surface area contributed by atoms with Crippen LogP contribution in [0.4, 0.5) is 5.82 Å². The van der Waals surface area contributed by atoms with Crippen molar-refractivity contribution in [1.82, 2.24) is 34.0 Å². The number of fused-ring (bicyclic) bond motifs is 1. The van der Waals surface area contributed by atoms with Crippen LogP contribution in [-0.2, 0) is 19.4 Å². The van der Waals surface area contributed by atoms with Crippen molar-refractivity contribution in [2.24, 2.45) is 0 Å². The van der Waals surface area contributed by atoms with Gasteiger partial charge < -0.3 is 19.5 Å². The summed E-state index contributed by atoms with van der Waals surface area (Å²) in [5, 5.41) is 2.94. The number of hydrogen-bond donors (Lipinski definition) is 1. The topological polar surface area (TPSA) is 118 Å². The summed E-state index contributed by atoms with van der Waals surface area (Å²) in [6, 6.07) is 40.5. The van der Waals surface area contributed by atoms with E-state index in [2.05, 4.69) is 99.8 Å². The lowest BCUT2D eigenvalue weighted by molar-refractivity contribution is -0.118. The highest BCUT2D eigenvalue weighted by molar-refractivity contribution is 7.83. The average molecular weight is 805 g/mol. The number of carbonyl (C=O) groups excluding carboxylic acids is 1. The third-order valence-electron chi connectivity index (χ3n) is 11.0. The first-order valence-electron chi connectivity index (χ1n) is 19.4. The second-order valence-corrected chi connectivity index (χ2v) is 17.2. The van der Waals surface area contributed by atoms with Crippen molar-refractivity contribution in [1.29, 1.82) is 0 Å². The molecule has 1 N–H and O–H groups in total. The van der Waals surface area contributed by atoms with Crippen LogP contribution in [0.15, 0.2) is 134 Å². The molecule has 2 aliphatic heterocycles. The number of nitrogens with zero attached hydrogens (tertiary/aromatic N) is 7. The van der Waals surface area contributed by atoms with Crippen LogP contribution in [0.1, 0.15) is 46.6 Å². The van der Waals surface area contributed by atoms with Crippen molar-refractivity contribution in [3.8, 4) is 0 Å². The summed E-state index contributed by atoms with van der Waals surface area (Å²) < 4.78 is 30.1. The Balaban J connectivity index is 1.18. The standard InChI is InChI=1S/C43H46ClN8O4P/c1-2-49-24-26-50(27-25-49)57(44,54)56-28-23-37-29-52(43(34-17-9-4-10-18-34,35-19-11-5-12-20-35)36-21-13-6-14-22-36)38(30-55-37)51-32-47-39-40(45-31-46-41(39)51)48-42(53)33-15-7-3-8-16-33/h3-22,31-32,37-38H,2,23-30H2,1H3,(H,45,46,48,53)/t37-,38?,57?/m1/s1. The Hall–Kier alpha value is -4.78. The van der Waals surface area contributed by atoms with E-state index in [1.807, 2.05) is 41.0 Å². The average Bonchev–Trinajstić information content (AvgIpc) is 3.70. The number of piperazine rings is 1. The first kappa shape index (κ1) is 39.1. The second kappa shape index (κ2) is 17.4. The number of morpholine rings is 1. The molecule has 4 heterocycles. The van der Waals surface area contributed by atoms with Gasteiger partial charge in [-0.3, -0.25) is 18.8 Å². The molecule has 3 atom stereocenters. The van der Waals surface area contributed by atoms with E-state index in [0.717, 1.165) is 36.3 Å². The van der Waals surface area contributed by atoms with Gasteiger partial charge in [0.25, 0.3) is 5.91 Å². The molecule has 0 aliphatic carbocycles. The van der Waals surface area contributed by atoms with Crippen molar-refractivity contribution in [2.75, 3.05) is 57.8 Å². The zero-order valence-corrected chi connectivity index (χ0v) is 33.5. The smallest absolute Gasteiger partial charge is 0.363 e. The number of aromatic nitrogens is 4. The molecule has 14 heteroatoms. The minimum absolute atomic E-state index is 0.165. The maximum atomic E-state index is 13.6. The molecular weight excluding hydrogens is 759 g/mol. The lowest BCUT2D eigenvalue weighted by Crippen LogP contribution is -2.58. The second-order valence-electron chi connectivity index (χ2n) is 14.2. The zero-order chi connectivity index (χ0) is 39.2. The lowest BCUT2D eigenvalue weighted by Gasteiger charge is -2.52. The molecule has 0 bridgehead atoms. The molecule has 6 aromatic rings. The number of rotatable bonds is 13. The Morgan fingerprint density at radius 2 is 1.42 bits per heavy atom. The Labute approximate surface area is 337 Å². The van der Waals surface area contributed by atoms with Crippen LogP contribution in [0.3, 0.4) is 0 Å². The predicted molar refractivity (Wildman–Crippen MR) is 222 cm³/mol. The van der Waals surface area contributed by atoms with Gasteiger partial charge in [0.2, 0.25) is 0 Å². The lowest BCUT2D eigenvalue weighted by atomic mass is 9.74. The number of anilines is 1. The fraction of sp³-hybridized carbons (Fsp3) is 0.302. The van der Waals surface area contributed by atoms with Crippen LogP contribution < -0.4 is 5.32 Å². The number of nitrogens with one attached hydrogen (secondary N) is 1. The first-order chi connectivity index (χ1) is 27.9. The normalized spacial score (nSPS) is 19.6. The molecule has 294 valence electrons. The Morgan fingerprint density at radius 3 is 2.00 bits per heavy atom. The highest BCUT2D eigenvalue weighted by Gasteiger charge is 2.49. The number of likely N-dealkylation sites (N-methyl/N-ethyl adjacent to an activating group) is 1. The van der Waals surface area contributed by atoms with E-state index >= 15 is 0 Å². The largest absolute Gasteiger partial charge is 0.373 e. The fourth-order valence-corrected chi connectivity index (χ4v) is 9.92. The van der Waals surface area contributed by atoms with E-state index in [1.54, 1.807) is 23.1 Å². The molecule has 2 unspecified atom stereocenters. The van der Waals surface area contributed by atoms with E-state index in [1.165, 1.54) is 6.33 Å². The number of ether oxygens (including phenoxy) is 1. The molecule has 1 amide bonds. The highest BCUT2D eigenvalue weighted by Crippen LogP contribution is 2.56. The molecule has 2 aromatic heterocycles. The summed E-state index contributed by atoms with van der Waals surface area (Å²) in [4.78, 5) is 32.0. The Morgan fingerprint density at radius 1 is 0.842 bits per heavy atom. The number of benzene rings is 4. The first-order valence-corrected chi connectivity index (χ1v) is 21.9. The summed E-state index contributed by atoms with van der Waals surface area (Å²) in [7, 11) is 0. The van der Waals surface area contributed by atoms with Gasteiger partial charge in [0.15, 0.2) is 17.0 Å². The maximum absolute atomic E-state index is 13.6. The van der Waals surface area contributed by atoms with Gasteiger partial charge in [-0.2, -0.15) is 0 Å². The number of carbonyl (C=O) groups is 1. The monoisotopic (exact) mass is 804 g/mol. The van der Waals surface area contributed by atoms with Gasteiger partial charge in [-0.1, -0.05) is 116 Å². The summed E-state index contributed by atoms with van der Waals surface area (Å²) in [5.74, 6) is 0.0201. The summed E-state index contributed by atoms with van der Waals surface area (Å²) in [6.45, 7) is 3.22. The summed E-state index contributed by atoms with van der Waals surface area (Å²) in [5.41, 5.74) is 3.88. The third-order valence-corrected chi connectivity index (χ3v) is 13.5. The van der Waals surface area contributed by atoms with Crippen LogP contribution >= 0.6 is 18.1 Å². The van der Waals surface area contributed by atoms with Gasteiger partial charge in [-0.15, -0.1) is 0 Å². The van der Waals surface area contributed by atoms with Crippen molar-refractivity contribution < 1.29 is 18.6 Å². The summed E-state index contributed by atoms with van der Waals surface area (Å²) >= 11 is 6.63. The SMILES string of the molecule is CCN1CCN(P(=O)(Cl)OCC[C@@H]2CN(C(c3ccccc3)(c3ccccc3)c3ccccc3)C(n3cnc4c(NC(=O)c5ccccc5)ncnc43)CO2)CC1. The molecule has 8 rings (SSSR count). The van der Waals surface area contributed by atoms with E-state index in [-0.39, 0.29) is 25.2 Å². The number of hydrogen-bond acceptors (Lipinski definition) is 9. The van der Waals surface area contributed by atoms with Gasteiger partial charge in [-0.25, -0.2) is 19.6 Å². The fourth-order valence-electron chi connectivity index (χ4n) is 8.11. The quantitative estimate of drug-likeness (QED) is 0.0922. The number of amides is 1. The van der Waals surface area contributed by atoms with Crippen LogP contribution in [-0.4, -0.2) is 98.5 Å². The molecule has 0 saturated carbocycles. The zero-order valence-electron chi connectivity index (χ0n) is 31.8. The van der Waals surface area contributed by atoms with Crippen molar-refractivity contribution in [3.05, 3.63) is 156 Å². The van der Waals surface area contributed by atoms with E-state index in [0.29, 0.717) is 48.6 Å². The van der Waals surface area contributed by atoms with E-state index in [4.69, 9.17) is 30.5 Å². The van der Waals surface area contributed by atoms with Gasteiger partial charge >= 0.3 is 6.87 Å². The van der Waals surface area contributed by atoms with Gasteiger partial charge in [-0.05, 0) is 53.0 Å². The maximum Gasteiger partial charge on any atom is 0.363 e. The number of imidazole rings is 1. The molecule has 12 nitrogen and oxygen atoms in total. The van der Waals surface area contributed by atoms with Gasteiger partial charge in [0.05, 0.1) is 31.2 Å².